The molecule has 0 bridgehead atoms. The third-order valence-corrected chi connectivity index (χ3v) is 3.28. The summed E-state index contributed by atoms with van der Waals surface area (Å²) >= 11 is 0. The lowest BCUT2D eigenvalue weighted by atomic mass is 10.2. The van der Waals surface area contributed by atoms with Crippen molar-refractivity contribution in [2.24, 2.45) is 10.7 Å². The Morgan fingerprint density at radius 2 is 2.00 bits per heavy atom. The van der Waals surface area contributed by atoms with Crippen molar-refractivity contribution in [3.05, 3.63) is 23.8 Å². The molecule has 18 heavy (non-hydrogen) atoms. The van der Waals surface area contributed by atoms with Crippen LogP contribution in [-0.2, 0) is 6.42 Å². The summed E-state index contributed by atoms with van der Waals surface area (Å²) < 4.78 is 0. The van der Waals surface area contributed by atoms with Gasteiger partial charge < -0.3 is 11.1 Å². The lowest BCUT2D eigenvalue weighted by molar-refractivity contribution is 0.856. The van der Waals surface area contributed by atoms with Crippen LogP contribution >= 0.6 is 0 Å². The van der Waals surface area contributed by atoms with Crippen LogP contribution in [0.5, 0.6) is 0 Å². The number of aromatic nitrogens is 2. The normalized spacial score (nSPS) is 19.9. The standard InChI is InChI=1S/C13H19N5/c14-13(18-11-3-4-11)15-6-5-9-7-16-12(17-8-9)10-1-2-10/h7-8,10-11H,1-6H2,(H3,14,15,18). The Morgan fingerprint density at radius 1 is 1.28 bits per heavy atom. The van der Waals surface area contributed by atoms with Gasteiger partial charge in [0.25, 0.3) is 0 Å². The fourth-order valence-electron chi connectivity index (χ4n) is 1.83. The fourth-order valence-corrected chi connectivity index (χ4v) is 1.83. The summed E-state index contributed by atoms with van der Waals surface area (Å²) in [6.45, 7) is 0.692. The third kappa shape index (κ3) is 3.18. The fraction of sp³-hybridized carbons (Fsp3) is 0.615. The highest BCUT2D eigenvalue weighted by Crippen LogP contribution is 2.37. The van der Waals surface area contributed by atoms with Crippen molar-refractivity contribution < 1.29 is 0 Å². The van der Waals surface area contributed by atoms with E-state index in [0.29, 0.717) is 24.5 Å². The number of nitrogens with one attached hydrogen (secondary N) is 1. The molecule has 3 N–H and O–H groups in total. The number of aliphatic imine (C=N–C) groups is 1. The lowest BCUT2D eigenvalue weighted by Crippen LogP contribution is -2.33. The van der Waals surface area contributed by atoms with Gasteiger partial charge in [-0.25, -0.2) is 9.97 Å². The summed E-state index contributed by atoms with van der Waals surface area (Å²) in [6.07, 6.45) is 9.60. The zero-order valence-electron chi connectivity index (χ0n) is 10.5. The monoisotopic (exact) mass is 245 g/mol. The molecule has 0 spiro atoms. The molecule has 0 radical (unpaired) electrons. The van der Waals surface area contributed by atoms with Gasteiger partial charge >= 0.3 is 0 Å². The van der Waals surface area contributed by atoms with Crippen molar-refractivity contribution in [3.8, 4) is 0 Å². The second-order valence-corrected chi connectivity index (χ2v) is 5.16. The van der Waals surface area contributed by atoms with Gasteiger partial charge in [0.1, 0.15) is 5.82 Å². The summed E-state index contributed by atoms with van der Waals surface area (Å²) in [4.78, 5) is 13.1. The van der Waals surface area contributed by atoms with Gasteiger partial charge in [-0.3, -0.25) is 4.99 Å². The molecular formula is C13H19N5. The quantitative estimate of drug-likeness (QED) is 0.598. The second kappa shape index (κ2) is 4.92. The number of hydrogen-bond acceptors (Lipinski definition) is 3. The van der Waals surface area contributed by atoms with Crippen LogP contribution in [0.1, 0.15) is 43.0 Å². The van der Waals surface area contributed by atoms with Gasteiger partial charge in [-0.15, -0.1) is 0 Å². The molecule has 3 rings (SSSR count). The largest absolute Gasteiger partial charge is 0.370 e. The molecule has 5 nitrogen and oxygen atoms in total. The first-order valence-corrected chi connectivity index (χ1v) is 6.68. The Bertz CT molecular complexity index is 431. The average Bonchev–Trinajstić information content (AvgIpc) is 3.24. The number of nitrogens with zero attached hydrogens (tertiary/aromatic N) is 3. The molecule has 2 saturated carbocycles. The van der Waals surface area contributed by atoms with Crippen molar-refractivity contribution in [3.63, 3.8) is 0 Å². The first-order chi connectivity index (χ1) is 8.81. The number of hydrogen-bond donors (Lipinski definition) is 2. The van der Waals surface area contributed by atoms with E-state index in [2.05, 4.69) is 20.3 Å². The highest BCUT2D eigenvalue weighted by Gasteiger charge is 2.26. The maximum Gasteiger partial charge on any atom is 0.188 e. The summed E-state index contributed by atoms with van der Waals surface area (Å²) in [5.74, 6) is 2.18. The van der Waals surface area contributed by atoms with E-state index in [0.717, 1.165) is 17.8 Å². The molecule has 0 aromatic carbocycles. The van der Waals surface area contributed by atoms with Gasteiger partial charge in [-0.1, -0.05) is 0 Å². The van der Waals surface area contributed by atoms with Crippen LogP contribution in [0, 0.1) is 0 Å². The summed E-state index contributed by atoms with van der Waals surface area (Å²) in [5, 5.41) is 3.17. The molecule has 1 heterocycles. The van der Waals surface area contributed by atoms with Gasteiger partial charge in [0.2, 0.25) is 0 Å². The van der Waals surface area contributed by atoms with Crippen LogP contribution in [-0.4, -0.2) is 28.5 Å². The maximum absolute atomic E-state index is 5.76. The Hall–Kier alpha value is -1.65. The minimum absolute atomic E-state index is 0.563. The zero-order chi connectivity index (χ0) is 12.4. The zero-order valence-corrected chi connectivity index (χ0v) is 10.5. The molecule has 0 unspecified atom stereocenters. The summed E-state index contributed by atoms with van der Waals surface area (Å²) in [5.41, 5.74) is 6.89. The molecule has 0 amide bonds. The molecule has 0 saturated heterocycles. The van der Waals surface area contributed by atoms with Crippen LogP contribution in [0.4, 0.5) is 0 Å². The highest BCUT2D eigenvalue weighted by atomic mass is 15.1. The van der Waals surface area contributed by atoms with Crippen LogP contribution in [0.3, 0.4) is 0 Å². The van der Waals surface area contributed by atoms with Gasteiger partial charge in [-0.05, 0) is 37.7 Å². The van der Waals surface area contributed by atoms with Crippen LogP contribution in [0.2, 0.25) is 0 Å². The molecule has 1 aromatic rings. The maximum atomic E-state index is 5.76. The van der Waals surface area contributed by atoms with Gasteiger partial charge in [0.15, 0.2) is 5.96 Å². The first-order valence-electron chi connectivity index (χ1n) is 6.68. The van der Waals surface area contributed by atoms with E-state index in [1.165, 1.54) is 25.7 Å². The predicted octanol–water partition coefficient (Wildman–Crippen LogP) is 0.963. The van der Waals surface area contributed by atoms with Crippen molar-refractivity contribution in [1.29, 1.82) is 0 Å². The number of nitrogens with two attached hydrogens (primary N) is 1. The lowest BCUT2D eigenvalue weighted by Gasteiger charge is -2.03. The Labute approximate surface area is 107 Å². The Morgan fingerprint density at radius 3 is 2.61 bits per heavy atom. The van der Waals surface area contributed by atoms with E-state index < -0.39 is 0 Å². The van der Waals surface area contributed by atoms with Crippen LogP contribution < -0.4 is 11.1 Å². The van der Waals surface area contributed by atoms with Gasteiger partial charge in [-0.2, -0.15) is 0 Å². The van der Waals surface area contributed by atoms with E-state index >= 15 is 0 Å². The van der Waals surface area contributed by atoms with Crippen molar-refractivity contribution in [2.45, 2.75) is 44.1 Å². The number of rotatable bonds is 5. The van der Waals surface area contributed by atoms with Crippen LogP contribution in [0.15, 0.2) is 17.4 Å². The topological polar surface area (TPSA) is 76.2 Å². The minimum Gasteiger partial charge on any atom is -0.370 e. The van der Waals surface area contributed by atoms with E-state index in [1.54, 1.807) is 0 Å². The molecular weight excluding hydrogens is 226 g/mol. The average molecular weight is 245 g/mol. The molecule has 2 fully saturated rings. The van der Waals surface area contributed by atoms with Gasteiger partial charge in [0, 0.05) is 30.9 Å². The Balaban J connectivity index is 1.46. The molecule has 5 heteroatoms. The first kappa shape index (κ1) is 11.4. The van der Waals surface area contributed by atoms with Crippen molar-refractivity contribution in [1.82, 2.24) is 15.3 Å². The second-order valence-electron chi connectivity index (χ2n) is 5.16. The smallest absolute Gasteiger partial charge is 0.188 e. The van der Waals surface area contributed by atoms with E-state index in [4.69, 9.17) is 5.73 Å². The molecule has 96 valence electrons. The molecule has 2 aliphatic rings. The van der Waals surface area contributed by atoms with Gasteiger partial charge in [0.05, 0.1) is 0 Å². The van der Waals surface area contributed by atoms with E-state index in [1.807, 2.05) is 12.4 Å². The molecule has 0 atom stereocenters. The predicted molar refractivity (Wildman–Crippen MR) is 70.4 cm³/mol. The number of guanidine groups is 1. The van der Waals surface area contributed by atoms with Crippen LogP contribution in [0.25, 0.3) is 0 Å². The Kier molecular flexibility index (Phi) is 3.13. The van der Waals surface area contributed by atoms with E-state index in [9.17, 15) is 0 Å². The minimum atomic E-state index is 0.563. The summed E-state index contributed by atoms with van der Waals surface area (Å²) in [7, 11) is 0. The SMILES string of the molecule is NC(=NCCc1cnc(C2CC2)nc1)NC1CC1. The molecule has 0 aliphatic heterocycles. The van der Waals surface area contributed by atoms with Crippen molar-refractivity contribution in [2.75, 3.05) is 6.54 Å². The highest BCUT2D eigenvalue weighted by molar-refractivity contribution is 5.78. The third-order valence-electron chi connectivity index (χ3n) is 3.28. The van der Waals surface area contributed by atoms with Crippen molar-refractivity contribution >= 4 is 5.96 Å². The molecule has 1 aromatic heterocycles. The summed E-state index contributed by atoms with van der Waals surface area (Å²) in [6, 6.07) is 0.565. The van der Waals surface area contributed by atoms with E-state index in [-0.39, 0.29) is 0 Å². The molecule has 2 aliphatic carbocycles.